The number of rotatable bonds is 5. The number of hydrogen-bond acceptors (Lipinski definition) is 6. The molecule has 1 aliphatic heterocycles. The monoisotopic (exact) mass is 416 g/mol. The van der Waals surface area contributed by atoms with Crippen molar-refractivity contribution in [3.63, 3.8) is 0 Å². The summed E-state index contributed by atoms with van der Waals surface area (Å²) in [5.74, 6) is -3.05. The van der Waals surface area contributed by atoms with E-state index >= 15 is 0 Å². The molecule has 0 aliphatic carbocycles. The summed E-state index contributed by atoms with van der Waals surface area (Å²) in [6.45, 7) is 0. The van der Waals surface area contributed by atoms with Crippen LogP contribution in [0.1, 0.15) is 21.3 Å². The Balaban J connectivity index is 1.96. The van der Waals surface area contributed by atoms with Crippen LogP contribution in [-0.4, -0.2) is 14.2 Å². The molecule has 0 amide bonds. The van der Waals surface area contributed by atoms with Gasteiger partial charge in [-0.05, 0) is 17.7 Å². The minimum atomic E-state index is -5.05. The summed E-state index contributed by atoms with van der Waals surface area (Å²) in [6, 6.07) is 10.8. The van der Waals surface area contributed by atoms with Gasteiger partial charge in [0.1, 0.15) is 5.70 Å². The Hall–Kier alpha value is -2.22. The number of carbonyl (C=O) groups excluding carboxylic acids is 1. The van der Waals surface area contributed by atoms with Gasteiger partial charge in [0.15, 0.2) is 6.08 Å². The Morgan fingerprint density at radius 3 is 2.58 bits per heavy atom. The van der Waals surface area contributed by atoms with Crippen molar-refractivity contribution in [3.8, 4) is 0 Å². The highest BCUT2D eigenvalue weighted by molar-refractivity contribution is 7.86. The quantitative estimate of drug-likeness (QED) is 0.750. The molecule has 3 rings (SSSR count). The van der Waals surface area contributed by atoms with Gasteiger partial charge in [0, 0.05) is 15.6 Å². The Bertz CT molecular complexity index is 1130. The summed E-state index contributed by atoms with van der Waals surface area (Å²) >= 11 is 11.8. The Morgan fingerprint density at radius 2 is 1.92 bits per heavy atom. The molecule has 0 fully saturated rings. The van der Waals surface area contributed by atoms with Crippen molar-refractivity contribution in [2.24, 2.45) is 5.73 Å². The predicted octanol–water partition coefficient (Wildman–Crippen LogP) is 3.31. The van der Waals surface area contributed by atoms with E-state index in [-0.39, 0.29) is 21.2 Å². The van der Waals surface area contributed by atoms with Crippen molar-refractivity contribution in [1.29, 1.82) is 0 Å². The van der Waals surface area contributed by atoms with Crippen LogP contribution < -0.4 is 5.73 Å². The van der Waals surface area contributed by atoms with E-state index in [1.54, 1.807) is 6.07 Å². The van der Waals surface area contributed by atoms with E-state index in [9.17, 15) is 13.2 Å². The van der Waals surface area contributed by atoms with E-state index in [1.807, 2.05) is 0 Å². The van der Waals surface area contributed by atoms with Gasteiger partial charge in [-0.2, -0.15) is 8.42 Å². The molecule has 6 nitrogen and oxygen atoms in total. The second kappa shape index (κ2) is 7.19. The van der Waals surface area contributed by atoms with Gasteiger partial charge in [0.2, 0.25) is 17.4 Å². The van der Waals surface area contributed by atoms with E-state index in [2.05, 4.69) is 0 Å². The lowest BCUT2D eigenvalue weighted by Gasteiger charge is -2.12. The molecule has 9 heteroatoms. The maximum absolute atomic E-state index is 12.8. The Morgan fingerprint density at radius 1 is 1.23 bits per heavy atom. The van der Waals surface area contributed by atoms with Crippen LogP contribution in [0.2, 0.25) is 10.0 Å². The number of ether oxygens (including phenoxy) is 1. The zero-order chi connectivity index (χ0) is 21.6. The molecular weight excluding hydrogens is 401 g/mol. The van der Waals surface area contributed by atoms with E-state index in [4.69, 9.17) is 42.0 Å². The normalized spacial score (nSPS) is 22.4. The average molecular weight is 417 g/mol. The smallest absolute Gasteiger partial charge is 0.313 e. The van der Waals surface area contributed by atoms with Gasteiger partial charge in [-0.15, -0.1) is 0 Å². The van der Waals surface area contributed by atoms with Gasteiger partial charge in [0.25, 0.3) is 0 Å². The Kier molecular flexibility index (Phi) is 4.12. The maximum atomic E-state index is 12.8. The van der Waals surface area contributed by atoms with Crippen LogP contribution in [0.4, 0.5) is 0 Å². The highest BCUT2D eigenvalue weighted by Crippen LogP contribution is 2.36. The number of Topliss-reactive ketones (excluding diaryl/α,β-unsaturated/α-hetero) is 1. The molecule has 2 aromatic rings. The fraction of sp³-hybridized carbons (Fsp3) is 0.118. The van der Waals surface area contributed by atoms with Gasteiger partial charge in [0.05, 0.1) is 4.11 Å². The van der Waals surface area contributed by atoms with Crippen molar-refractivity contribution >= 4 is 39.1 Å². The fourth-order valence-corrected chi connectivity index (χ4v) is 3.47. The summed E-state index contributed by atoms with van der Waals surface area (Å²) in [6.07, 6.45) is -2.52. The molecule has 1 aliphatic rings. The van der Waals surface area contributed by atoms with Crippen molar-refractivity contribution < 1.29 is 26.2 Å². The summed E-state index contributed by atoms with van der Waals surface area (Å²) in [5, 5.41) is 0.154. The second-order valence-electron chi connectivity index (χ2n) is 5.08. The molecule has 0 saturated heterocycles. The molecule has 0 aromatic heterocycles. The fourth-order valence-electron chi connectivity index (χ4n) is 2.13. The first-order valence-corrected chi connectivity index (χ1v) is 9.25. The molecule has 2 aromatic carbocycles. The van der Waals surface area contributed by atoms with Crippen LogP contribution in [0.3, 0.4) is 0 Å². The molecule has 136 valence electrons. The highest BCUT2D eigenvalue weighted by Gasteiger charge is 2.40. The first kappa shape index (κ1) is 14.9. The van der Waals surface area contributed by atoms with Crippen molar-refractivity contribution in [2.45, 2.75) is 11.8 Å². The average Bonchev–Trinajstić information content (AvgIpc) is 2.85. The molecule has 1 atom stereocenters. The number of hydrogen-bond donors (Lipinski definition) is 1. The SMILES string of the molecule is [2H]C([2H])(c1ccccc1)S(=O)(=O)OC1=C(N)O[C@]([2H])(c2ccc(Cl)cc2Cl)C1=O. The molecule has 0 unspecified atom stereocenters. The van der Waals surface area contributed by atoms with Crippen LogP contribution in [0.5, 0.6) is 0 Å². The van der Waals surface area contributed by atoms with Crippen LogP contribution in [0.15, 0.2) is 60.2 Å². The zero-order valence-corrected chi connectivity index (χ0v) is 15.2. The van der Waals surface area contributed by atoms with E-state index in [1.165, 1.54) is 42.5 Å². The van der Waals surface area contributed by atoms with Gasteiger partial charge in [-0.1, -0.05) is 59.6 Å². The number of ketones is 1. The van der Waals surface area contributed by atoms with Crippen LogP contribution >= 0.6 is 23.2 Å². The van der Waals surface area contributed by atoms with Crippen LogP contribution in [0.25, 0.3) is 0 Å². The molecular formula is C17H13Cl2NO5S. The first-order chi connectivity index (χ1) is 13.4. The lowest BCUT2D eigenvalue weighted by Crippen LogP contribution is -2.16. The molecule has 0 bridgehead atoms. The molecule has 0 radical (unpaired) electrons. The van der Waals surface area contributed by atoms with Crippen molar-refractivity contribution in [2.75, 3.05) is 0 Å². The van der Waals surface area contributed by atoms with E-state index < -0.39 is 39.3 Å². The summed E-state index contributed by atoms with van der Waals surface area (Å²) < 4.78 is 59.1. The largest absolute Gasteiger partial charge is 0.460 e. The number of benzene rings is 2. The van der Waals surface area contributed by atoms with E-state index in [0.29, 0.717) is 0 Å². The van der Waals surface area contributed by atoms with Gasteiger partial charge < -0.3 is 14.7 Å². The molecule has 0 saturated carbocycles. The highest BCUT2D eigenvalue weighted by atomic mass is 35.5. The number of halogens is 2. The minimum absolute atomic E-state index is 0.0858. The zero-order valence-electron chi connectivity index (χ0n) is 15.9. The first-order valence-electron chi connectivity index (χ1n) is 8.59. The van der Waals surface area contributed by atoms with E-state index in [0.717, 1.165) is 0 Å². The molecule has 26 heavy (non-hydrogen) atoms. The van der Waals surface area contributed by atoms with Crippen LogP contribution in [0, 0.1) is 0 Å². The molecule has 1 heterocycles. The van der Waals surface area contributed by atoms with Gasteiger partial charge in [-0.25, -0.2) is 0 Å². The summed E-state index contributed by atoms with van der Waals surface area (Å²) in [5.41, 5.74) is 2.22. The van der Waals surface area contributed by atoms with Gasteiger partial charge in [-0.3, -0.25) is 4.79 Å². The second-order valence-corrected chi connectivity index (χ2v) is 7.21. The number of nitrogens with two attached hydrogens (primary N) is 1. The standard InChI is InChI=1S/C17H13Cl2NO5S/c18-11-6-7-12(13(19)8-11)15-14(21)16(17(20)24-15)25-26(22,23)9-10-4-2-1-3-5-10/h1-8,15H,9,20H2/t15-/m1/s1/i9D2,15D. The third kappa shape index (κ3) is 3.95. The molecule has 2 N–H and O–H groups in total. The van der Waals surface area contributed by atoms with Gasteiger partial charge >= 0.3 is 10.1 Å². The maximum Gasteiger partial charge on any atom is 0.313 e. The minimum Gasteiger partial charge on any atom is -0.460 e. The lowest BCUT2D eigenvalue weighted by atomic mass is 10.1. The summed E-state index contributed by atoms with van der Waals surface area (Å²) in [7, 11) is -5.05. The summed E-state index contributed by atoms with van der Waals surface area (Å²) in [4.78, 5) is 12.8. The molecule has 0 spiro atoms. The van der Waals surface area contributed by atoms with Crippen LogP contribution in [-0.2, 0) is 29.5 Å². The predicted molar refractivity (Wildman–Crippen MR) is 96.7 cm³/mol. The van der Waals surface area contributed by atoms with Crippen molar-refractivity contribution in [1.82, 2.24) is 0 Å². The third-order valence-electron chi connectivity index (χ3n) is 3.23. The number of carbonyl (C=O) groups is 1. The topological polar surface area (TPSA) is 95.7 Å². The van der Waals surface area contributed by atoms with Crippen molar-refractivity contribution in [3.05, 3.63) is 81.3 Å². The lowest BCUT2D eigenvalue weighted by molar-refractivity contribution is -0.123. The Labute approximate surface area is 164 Å². The third-order valence-corrected chi connectivity index (χ3v) is 4.65.